The number of hydrogen-bond acceptors (Lipinski definition) is 6. The minimum absolute atomic E-state index is 0.0891. The fraction of sp³-hybridized carbons (Fsp3) is 0.242. The summed E-state index contributed by atoms with van der Waals surface area (Å²) < 4.78 is 0. The summed E-state index contributed by atoms with van der Waals surface area (Å²) in [5, 5.41) is 17.8. The summed E-state index contributed by atoms with van der Waals surface area (Å²) in [6.07, 6.45) is 5.97. The Bertz CT molecular complexity index is 1720. The van der Waals surface area contributed by atoms with Crippen LogP contribution in [0.25, 0.3) is 22.5 Å². The van der Waals surface area contributed by atoms with Gasteiger partial charge in [-0.15, -0.1) is 0 Å². The Kier molecular flexibility index (Phi) is 7.74. The highest BCUT2D eigenvalue weighted by Crippen LogP contribution is 2.39. The number of rotatable bonds is 10. The first-order chi connectivity index (χ1) is 20.9. The summed E-state index contributed by atoms with van der Waals surface area (Å²) in [4.78, 5) is 46.0. The molecule has 1 aromatic heterocycles. The third kappa shape index (κ3) is 5.90. The van der Waals surface area contributed by atoms with Crippen LogP contribution in [0.5, 0.6) is 0 Å². The molecule has 0 unspecified atom stereocenters. The van der Waals surface area contributed by atoms with Crippen LogP contribution in [0.2, 0.25) is 0 Å². The number of anilines is 2. The lowest BCUT2D eigenvalue weighted by Crippen LogP contribution is -2.25. The highest BCUT2D eigenvalue weighted by atomic mass is 16.6. The Morgan fingerprint density at radius 3 is 2.53 bits per heavy atom. The van der Waals surface area contributed by atoms with Gasteiger partial charge in [0.2, 0.25) is 5.91 Å². The second-order valence-corrected chi connectivity index (χ2v) is 10.8. The van der Waals surface area contributed by atoms with Crippen molar-refractivity contribution < 1.29 is 14.5 Å². The first-order valence-corrected chi connectivity index (χ1v) is 14.5. The fourth-order valence-electron chi connectivity index (χ4n) is 5.61. The molecule has 0 bridgehead atoms. The van der Waals surface area contributed by atoms with Gasteiger partial charge in [0.05, 0.1) is 21.9 Å². The van der Waals surface area contributed by atoms with E-state index in [0.717, 1.165) is 72.7 Å². The van der Waals surface area contributed by atoms with Crippen LogP contribution in [-0.4, -0.2) is 44.7 Å². The standard InChI is InChI=1S/C33H32N6O4/c1-2-29-34-20-28(36-29)22-11-13-24(14-12-22)35-32(31-26-19-25(39(42)43)15-16-27(26)37-33(31)41)23-9-7-21(8-10-23)5-3-17-38-18-4-6-30(38)40/h7-16,19-20,35H,2-6,17-18H2,1H3,(H,34,36)(H,37,41)/b32-31-. The summed E-state index contributed by atoms with van der Waals surface area (Å²) in [6, 6.07) is 20.1. The van der Waals surface area contributed by atoms with Gasteiger partial charge >= 0.3 is 0 Å². The van der Waals surface area contributed by atoms with Crippen molar-refractivity contribution in [3.05, 3.63) is 106 Å². The maximum atomic E-state index is 13.3. The van der Waals surface area contributed by atoms with Crippen LogP contribution in [0.4, 0.5) is 17.1 Å². The molecule has 2 aliphatic rings. The fourth-order valence-corrected chi connectivity index (χ4v) is 5.61. The van der Waals surface area contributed by atoms with Gasteiger partial charge in [0, 0.05) is 66.8 Å². The normalized spacial score (nSPS) is 15.4. The van der Waals surface area contributed by atoms with E-state index < -0.39 is 4.92 Å². The molecule has 0 radical (unpaired) electrons. The number of aromatic amines is 1. The largest absolute Gasteiger partial charge is 0.354 e. The van der Waals surface area contributed by atoms with Crippen LogP contribution in [0, 0.1) is 10.1 Å². The molecule has 2 amide bonds. The van der Waals surface area contributed by atoms with E-state index in [2.05, 4.69) is 20.6 Å². The molecule has 0 saturated carbocycles. The number of hydrogen-bond donors (Lipinski definition) is 3. The van der Waals surface area contributed by atoms with Gasteiger partial charge in [-0.3, -0.25) is 19.7 Å². The number of nitro groups is 1. The number of amides is 2. The molecule has 3 aromatic carbocycles. The summed E-state index contributed by atoms with van der Waals surface area (Å²) >= 11 is 0. The number of likely N-dealkylation sites (tertiary alicyclic amines) is 1. The molecule has 3 N–H and O–H groups in total. The molecule has 1 saturated heterocycles. The Morgan fingerprint density at radius 1 is 1.07 bits per heavy atom. The number of aromatic nitrogens is 2. The maximum Gasteiger partial charge on any atom is 0.270 e. The number of non-ortho nitro benzene ring substituents is 1. The van der Waals surface area contributed by atoms with E-state index in [1.807, 2.05) is 66.6 Å². The highest BCUT2D eigenvalue weighted by Gasteiger charge is 2.30. The third-order valence-corrected chi connectivity index (χ3v) is 7.93. The lowest BCUT2D eigenvalue weighted by molar-refractivity contribution is -0.384. The number of nitrogens with zero attached hydrogens (tertiary/aromatic N) is 3. The first-order valence-electron chi connectivity index (χ1n) is 14.5. The van der Waals surface area contributed by atoms with Crippen molar-refractivity contribution >= 4 is 40.1 Å². The topological polar surface area (TPSA) is 133 Å². The van der Waals surface area contributed by atoms with E-state index in [4.69, 9.17) is 0 Å². The van der Waals surface area contributed by atoms with Crippen molar-refractivity contribution in [3.8, 4) is 11.3 Å². The van der Waals surface area contributed by atoms with Crippen LogP contribution in [0.15, 0.2) is 72.9 Å². The van der Waals surface area contributed by atoms with Crippen LogP contribution in [0.1, 0.15) is 48.7 Å². The molecule has 2 aliphatic heterocycles. The Morgan fingerprint density at radius 2 is 1.86 bits per heavy atom. The van der Waals surface area contributed by atoms with Gasteiger partial charge in [0.15, 0.2) is 0 Å². The quantitative estimate of drug-likeness (QED) is 0.120. The van der Waals surface area contributed by atoms with Crippen LogP contribution >= 0.6 is 0 Å². The molecule has 6 rings (SSSR count). The van der Waals surface area contributed by atoms with E-state index in [1.165, 1.54) is 12.1 Å². The van der Waals surface area contributed by atoms with E-state index in [-0.39, 0.29) is 17.5 Å². The van der Waals surface area contributed by atoms with Crippen LogP contribution in [-0.2, 0) is 22.4 Å². The van der Waals surface area contributed by atoms with Crippen molar-refractivity contribution in [2.75, 3.05) is 23.7 Å². The SMILES string of the molecule is CCc1nc(-c2ccc(N/C(=C3\C(=O)Nc4ccc([N+](=O)[O-])cc43)c3ccc(CCCN4CCCC4=O)cc3)cc2)c[nH]1. The molecular weight excluding hydrogens is 544 g/mol. The van der Waals surface area contributed by atoms with Crippen molar-refractivity contribution in [1.82, 2.24) is 14.9 Å². The lowest BCUT2D eigenvalue weighted by Gasteiger charge is -2.16. The second kappa shape index (κ2) is 11.9. The third-order valence-electron chi connectivity index (χ3n) is 7.93. The molecule has 0 spiro atoms. The number of aryl methyl sites for hydroxylation is 2. The van der Waals surface area contributed by atoms with E-state index in [0.29, 0.717) is 28.9 Å². The predicted molar refractivity (Wildman–Crippen MR) is 166 cm³/mol. The average molecular weight is 577 g/mol. The minimum atomic E-state index is -0.462. The number of nitro benzene ring substituents is 1. The zero-order valence-electron chi connectivity index (χ0n) is 23.9. The number of benzene rings is 3. The number of imidazole rings is 1. The molecule has 0 atom stereocenters. The minimum Gasteiger partial charge on any atom is -0.354 e. The Hall–Kier alpha value is -5.25. The smallest absolute Gasteiger partial charge is 0.270 e. The molecule has 218 valence electrons. The van der Waals surface area contributed by atoms with E-state index in [9.17, 15) is 19.7 Å². The summed E-state index contributed by atoms with van der Waals surface area (Å²) in [5.41, 5.74) is 6.25. The number of fused-ring (bicyclic) bond motifs is 1. The second-order valence-electron chi connectivity index (χ2n) is 10.8. The van der Waals surface area contributed by atoms with Crippen molar-refractivity contribution in [1.29, 1.82) is 0 Å². The molecule has 4 aromatic rings. The zero-order chi connectivity index (χ0) is 29.9. The van der Waals surface area contributed by atoms with E-state index in [1.54, 1.807) is 6.07 Å². The van der Waals surface area contributed by atoms with Gasteiger partial charge in [0.25, 0.3) is 11.6 Å². The molecule has 43 heavy (non-hydrogen) atoms. The Labute approximate surface area is 249 Å². The van der Waals surface area contributed by atoms with E-state index >= 15 is 0 Å². The van der Waals surface area contributed by atoms with Gasteiger partial charge in [-0.1, -0.05) is 43.3 Å². The highest BCUT2D eigenvalue weighted by molar-refractivity contribution is 6.37. The number of nitrogens with one attached hydrogen (secondary N) is 3. The number of carbonyl (C=O) groups excluding carboxylic acids is 2. The number of carbonyl (C=O) groups is 2. The monoisotopic (exact) mass is 576 g/mol. The average Bonchev–Trinajstić information content (AvgIpc) is 3.74. The van der Waals surface area contributed by atoms with Crippen molar-refractivity contribution in [2.24, 2.45) is 0 Å². The molecular formula is C33H32N6O4. The van der Waals surface area contributed by atoms with Crippen LogP contribution < -0.4 is 10.6 Å². The Balaban J connectivity index is 1.31. The van der Waals surface area contributed by atoms with Gasteiger partial charge < -0.3 is 20.5 Å². The van der Waals surface area contributed by atoms with Gasteiger partial charge in [-0.2, -0.15) is 0 Å². The van der Waals surface area contributed by atoms with Crippen molar-refractivity contribution in [3.63, 3.8) is 0 Å². The molecule has 10 nitrogen and oxygen atoms in total. The molecule has 1 fully saturated rings. The van der Waals surface area contributed by atoms with Gasteiger partial charge in [0.1, 0.15) is 5.82 Å². The summed E-state index contributed by atoms with van der Waals surface area (Å²) in [5.74, 6) is 0.811. The van der Waals surface area contributed by atoms with Gasteiger partial charge in [-0.25, -0.2) is 4.98 Å². The van der Waals surface area contributed by atoms with Crippen LogP contribution in [0.3, 0.4) is 0 Å². The summed E-state index contributed by atoms with van der Waals surface area (Å²) in [6.45, 7) is 3.63. The molecule has 0 aliphatic carbocycles. The lowest BCUT2D eigenvalue weighted by atomic mass is 9.98. The van der Waals surface area contributed by atoms with Gasteiger partial charge in [-0.05, 0) is 48.6 Å². The molecule has 3 heterocycles. The van der Waals surface area contributed by atoms with Crippen molar-refractivity contribution in [2.45, 2.75) is 39.0 Å². The summed E-state index contributed by atoms with van der Waals surface area (Å²) in [7, 11) is 0. The zero-order valence-corrected chi connectivity index (χ0v) is 23.9. The molecule has 10 heteroatoms. The number of H-pyrrole nitrogens is 1. The maximum absolute atomic E-state index is 13.3. The first kappa shape index (κ1) is 27.9. The predicted octanol–water partition coefficient (Wildman–Crippen LogP) is 6.03.